The number of rotatable bonds is 7. The molecule has 2 N–H and O–H groups in total. The van der Waals surface area contributed by atoms with Crippen molar-refractivity contribution in [3.8, 4) is 0 Å². The molecular formula is C26H35FN4O3. The minimum Gasteiger partial charge on any atom is -0.347 e. The second-order valence-electron chi connectivity index (χ2n) is 9.78. The fourth-order valence-corrected chi connectivity index (χ4v) is 4.65. The van der Waals surface area contributed by atoms with E-state index in [1.807, 2.05) is 0 Å². The van der Waals surface area contributed by atoms with Crippen LogP contribution in [0.4, 0.5) is 10.1 Å². The molecule has 0 saturated carbocycles. The Bertz CT molecular complexity index is 1110. The number of aromatic nitrogens is 1. The number of halogens is 1. The molecule has 1 aliphatic rings. The van der Waals surface area contributed by atoms with E-state index in [0.717, 1.165) is 25.9 Å². The lowest BCUT2D eigenvalue weighted by molar-refractivity contribution is -0.117. The molecule has 2 aromatic rings. The summed E-state index contributed by atoms with van der Waals surface area (Å²) in [5.74, 6) is -2.13. The van der Waals surface area contributed by atoms with Crippen LogP contribution < -0.4 is 10.6 Å². The Morgan fingerprint density at radius 3 is 2.32 bits per heavy atom. The number of hydrogen-bond donors (Lipinski definition) is 2. The first-order valence-corrected chi connectivity index (χ1v) is 11.7. The molecule has 1 aliphatic heterocycles. The van der Waals surface area contributed by atoms with Gasteiger partial charge in [0.1, 0.15) is 5.82 Å². The first kappa shape index (κ1) is 25.6. The van der Waals surface area contributed by atoms with Crippen molar-refractivity contribution in [2.24, 2.45) is 7.05 Å². The van der Waals surface area contributed by atoms with Gasteiger partial charge in [-0.15, -0.1) is 0 Å². The highest BCUT2D eigenvalue weighted by Crippen LogP contribution is 2.24. The van der Waals surface area contributed by atoms with Gasteiger partial charge in [0.05, 0.1) is 11.3 Å². The highest BCUT2D eigenvalue weighted by Gasteiger charge is 2.32. The van der Waals surface area contributed by atoms with Gasteiger partial charge in [0.2, 0.25) is 0 Å². The van der Waals surface area contributed by atoms with Gasteiger partial charge in [0, 0.05) is 30.5 Å². The maximum absolute atomic E-state index is 13.6. The first-order chi connectivity index (χ1) is 15.9. The van der Waals surface area contributed by atoms with Crippen LogP contribution in [0.25, 0.3) is 0 Å². The summed E-state index contributed by atoms with van der Waals surface area (Å²) in [5, 5.41) is 5.56. The number of nitrogens with one attached hydrogen (secondary N) is 2. The van der Waals surface area contributed by atoms with E-state index in [4.69, 9.17) is 0 Å². The molecule has 3 rings (SSSR count). The van der Waals surface area contributed by atoms with Gasteiger partial charge < -0.3 is 15.2 Å². The molecule has 7 nitrogen and oxygen atoms in total. The molecule has 0 unspecified atom stereocenters. The molecule has 0 radical (unpaired) electrons. The van der Waals surface area contributed by atoms with Crippen LogP contribution in [0.3, 0.4) is 0 Å². The Hall–Kier alpha value is -3.00. The van der Waals surface area contributed by atoms with Crippen LogP contribution in [0.2, 0.25) is 0 Å². The standard InChI is InChI=1S/C26H35FN4O3/c1-16-14-19(10-11-20(16)27)29-24(33)21-17(2)22(30(6)18(21)3)23(32)25(34)28-15-26(4,5)31-12-8-7-9-13-31/h10-11,14H,7-9,12-13,15H2,1-6H3,(H,28,34)(H,29,33). The lowest BCUT2D eigenvalue weighted by Crippen LogP contribution is -2.54. The predicted molar refractivity (Wildman–Crippen MR) is 131 cm³/mol. The van der Waals surface area contributed by atoms with E-state index >= 15 is 0 Å². The highest BCUT2D eigenvalue weighted by molar-refractivity contribution is 6.43. The lowest BCUT2D eigenvalue weighted by Gasteiger charge is -2.41. The van der Waals surface area contributed by atoms with Gasteiger partial charge >= 0.3 is 0 Å². The average molecular weight is 471 g/mol. The zero-order valence-electron chi connectivity index (χ0n) is 21.0. The summed E-state index contributed by atoms with van der Waals surface area (Å²) in [4.78, 5) is 41.2. The summed E-state index contributed by atoms with van der Waals surface area (Å²) in [7, 11) is 1.67. The second-order valence-corrected chi connectivity index (χ2v) is 9.78. The number of nitrogens with zero attached hydrogens (tertiary/aromatic N) is 2. The van der Waals surface area contributed by atoms with Crippen LogP contribution in [0.15, 0.2) is 18.2 Å². The van der Waals surface area contributed by atoms with Crippen LogP contribution >= 0.6 is 0 Å². The molecule has 0 spiro atoms. The fraction of sp³-hybridized carbons (Fsp3) is 0.500. The Morgan fingerprint density at radius 1 is 1.06 bits per heavy atom. The molecule has 34 heavy (non-hydrogen) atoms. The van der Waals surface area contributed by atoms with Gasteiger partial charge in [-0.1, -0.05) is 6.42 Å². The molecule has 2 heterocycles. The Labute approximate surface area is 200 Å². The Kier molecular flexibility index (Phi) is 7.60. The van der Waals surface area contributed by atoms with Crippen LogP contribution in [0.1, 0.15) is 70.8 Å². The number of carbonyl (C=O) groups excluding carboxylic acids is 3. The van der Waals surface area contributed by atoms with Crippen molar-refractivity contribution < 1.29 is 18.8 Å². The minimum absolute atomic E-state index is 0.186. The molecule has 8 heteroatoms. The van der Waals surface area contributed by atoms with E-state index in [1.165, 1.54) is 18.6 Å². The largest absolute Gasteiger partial charge is 0.347 e. The van der Waals surface area contributed by atoms with Crippen molar-refractivity contribution in [2.75, 3.05) is 25.0 Å². The van der Waals surface area contributed by atoms with Crippen molar-refractivity contribution in [3.05, 3.63) is 52.1 Å². The molecule has 184 valence electrons. The van der Waals surface area contributed by atoms with Gasteiger partial charge in [-0.2, -0.15) is 0 Å². The van der Waals surface area contributed by atoms with Crippen molar-refractivity contribution in [1.29, 1.82) is 0 Å². The Morgan fingerprint density at radius 2 is 1.71 bits per heavy atom. The third-order valence-corrected chi connectivity index (χ3v) is 6.89. The molecule has 1 aromatic carbocycles. The van der Waals surface area contributed by atoms with E-state index in [0.29, 0.717) is 34.6 Å². The summed E-state index contributed by atoms with van der Waals surface area (Å²) in [5.41, 5.74) is 2.13. The second kappa shape index (κ2) is 10.1. The predicted octanol–water partition coefficient (Wildman–Crippen LogP) is 3.91. The lowest BCUT2D eigenvalue weighted by atomic mass is 9.98. The third kappa shape index (κ3) is 5.22. The van der Waals surface area contributed by atoms with Gasteiger partial charge in [-0.3, -0.25) is 19.3 Å². The summed E-state index contributed by atoms with van der Waals surface area (Å²) in [6, 6.07) is 4.32. The molecule has 0 bridgehead atoms. The summed E-state index contributed by atoms with van der Waals surface area (Å²) in [6.45, 7) is 11.5. The highest BCUT2D eigenvalue weighted by atomic mass is 19.1. The topological polar surface area (TPSA) is 83.4 Å². The van der Waals surface area contributed by atoms with Crippen LogP contribution in [0, 0.1) is 26.6 Å². The SMILES string of the molecule is Cc1cc(NC(=O)c2c(C)c(C(=O)C(=O)NCC(C)(C)N3CCCCC3)n(C)c2C)ccc1F. The van der Waals surface area contributed by atoms with E-state index in [1.54, 1.807) is 38.5 Å². The van der Waals surface area contributed by atoms with Crippen LogP contribution in [0.5, 0.6) is 0 Å². The number of ketones is 1. The monoisotopic (exact) mass is 470 g/mol. The molecular weight excluding hydrogens is 435 g/mol. The first-order valence-electron chi connectivity index (χ1n) is 11.7. The van der Waals surface area contributed by atoms with Crippen molar-refractivity contribution in [3.63, 3.8) is 0 Å². The maximum Gasteiger partial charge on any atom is 0.294 e. The number of hydrogen-bond acceptors (Lipinski definition) is 4. The number of likely N-dealkylation sites (tertiary alicyclic amines) is 1. The molecule has 0 aliphatic carbocycles. The minimum atomic E-state index is -0.685. The summed E-state index contributed by atoms with van der Waals surface area (Å²) in [6.07, 6.45) is 3.50. The van der Waals surface area contributed by atoms with Crippen molar-refractivity contribution in [2.45, 2.75) is 59.4 Å². The van der Waals surface area contributed by atoms with Crippen LogP contribution in [-0.2, 0) is 11.8 Å². The maximum atomic E-state index is 13.6. The van der Waals surface area contributed by atoms with Crippen molar-refractivity contribution >= 4 is 23.3 Å². The molecule has 1 fully saturated rings. The van der Waals surface area contributed by atoms with Crippen molar-refractivity contribution in [1.82, 2.24) is 14.8 Å². The quantitative estimate of drug-likeness (QED) is 0.475. The number of aryl methyl sites for hydroxylation is 1. The van der Waals surface area contributed by atoms with Gasteiger partial charge in [-0.05, 0) is 89.9 Å². The zero-order valence-corrected chi connectivity index (χ0v) is 21.0. The normalized spacial score (nSPS) is 14.7. The number of carbonyl (C=O) groups is 3. The third-order valence-electron chi connectivity index (χ3n) is 6.89. The van der Waals surface area contributed by atoms with Gasteiger partial charge in [-0.25, -0.2) is 4.39 Å². The Balaban J connectivity index is 1.75. The number of anilines is 1. The van der Waals surface area contributed by atoms with E-state index in [9.17, 15) is 18.8 Å². The molecule has 2 amide bonds. The smallest absolute Gasteiger partial charge is 0.294 e. The molecule has 1 aromatic heterocycles. The number of Topliss-reactive ketones (excluding diaryl/α,β-unsaturated/α-hetero) is 1. The zero-order chi connectivity index (χ0) is 25.2. The molecule has 0 atom stereocenters. The van der Waals surface area contributed by atoms with E-state index < -0.39 is 17.6 Å². The average Bonchev–Trinajstić information content (AvgIpc) is 3.02. The van der Waals surface area contributed by atoms with Crippen LogP contribution in [-0.4, -0.2) is 52.2 Å². The van der Waals surface area contributed by atoms with Gasteiger partial charge in [0.25, 0.3) is 17.6 Å². The summed E-state index contributed by atoms with van der Waals surface area (Å²) >= 11 is 0. The van der Waals surface area contributed by atoms with E-state index in [2.05, 4.69) is 29.4 Å². The number of amides is 2. The fourth-order valence-electron chi connectivity index (χ4n) is 4.65. The summed E-state index contributed by atoms with van der Waals surface area (Å²) < 4.78 is 15.1. The number of piperidine rings is 1. The number of benzene rings is 1. The van der Waals surface area contributed by atoms with Gasteiger partial charge in [0.15, 0.2) is 0 Å². The van der Waals surface area contributed by atoms with E-state index in [-0.39, 0.29) is 17.1 Å². The molecule has 1 saturated heterocycles.